The number of hydrogen-bond donors (Lipinski definition) is 3. The van der Waals surface area contributed by atoms with Crippen molar-refractivity contribution < 1.29 is 15.0 Å². The zero-order valence-electron chi connectivity index (χ0n) is 18.1. The van der Waals surface area contributed by atoms with Crippen molar-refractivity contribution in [3.63, 3.8) is 0 Å². The van der Waals surface area contributed by atoms with E-state index in [1.54, 1.807) is 12.1 Å². The fourth-order valence-corrected chi connectivity index (χ4v) is 4.28. The van der Waals surface area contributed by atoms with Crippen LogP contribution in [0.5, 0.6) is 0 Å². The SMILES string of the molecule is Cc1ccc([C@H](O)CN[C@H]2CCc3ccc(-c4ccc(C(=O)O)cc4)cc3C2)cc1C. The Morgan fingerprint density at radius 1 is 0.968 bits per heavy atom. The van der Waals surface area contributed by atoms with Crippen molar-refractivity contribution in [2.24, 2.45) is 0 Å². The Kier molecular flexibility index (Phi) is 6.21. The van der Waals surface area contributed by atoms with Gasteiger partial charge in [-0.05, 0) is 84.2 Å². The van der Waals surface area contributed by atoms with E-state index >= 15 is 0 Å². The minimum atomic E-state index is -0.908. The Balaban J connectivity index is 1.42. The van der Waals surface area contributed by atoms with E-state index in [9.17, 15) is 9.90 Å². The molecule has 0 aromatic heterocycles. The summed E-state index contributed by atoms with van der Waals surface area (Å²) >= 11 is 0. The average molecular weight is 416 g/mol. The van der Waals surface area contributed by atoms with Gasteiger partial charge in [-0.1, -0.05) is 48.5 Å². The molecule has 3 aromatic carbocycles. The molecular weight excluding hydrogens is 386 g/mol. The molecule has 0 fully saturated rings. The maximum absolute atomic E-state index is 11.1. The van der Waals surface area contributed by atoms with Crippen LogP contribution >= 0.6 is 0 Å². The number of aromatic carboxylic acids is 1. The highest BCUT2D eigenvalue weighted by molar-refractivity contribution is 5.88. The Bertz CT molecular complexity index is 1090. The second kappa shape index (κ2) is 9.04. The van der Waals surface area contributed by atoms with Crippen LogP contribution in [0.4, 0.5) is 0 Å². The summed E-state index contributed by atoms with van der Waals surface area (Å²) in [6.45, 7) is 4.70. The van der Waals surface area contributed by atoms with Crippen LogP contribution < -0.4 is 5.32 Å². The predicted molar refractivity (Wildman–Crippen MR) is 124 cm³/mol. The van der Waals surface area contributed by atoms with Gasteiger partial charge in [-0.15, -0.1) is 0 Å². The molecular formula is C27H29NO3. The number of aliphatic hydroxyl groups is 1. The van der Waals surface area contributed by atoms with Crippen LogP contribution in [0.15, 0.2) is 60.7 Å². The Labute approximate surface area is 183 Å². The monoisotopic (exact) mass is 415 g/mol. The summed E-state index contributed by atoms with van der Waals surface area (Å²) in [4.78, 5) is 11.1. The van der Waals surface area contributed by atoms with Gasteiger partial charge in [0.15, 0.2) is 0 Å². The molecule has 0 saturated carbocycles. The molecule has 31 heavy (non-hydrogen) atoms. The molecule has 0 radical (unpaired) electrons. The van der Waals surface area contributed by atoms with E-state index in [2.05, 4.69) is 49.5 Å². The molecule has 2 atom stereocenters. The molecule has 0 saturated heterocycles. The molecule has 0 spiro atoms. The lowest BCUT2D eigenvalue weighted by Crippen LogP contribution is -2.37. The summed E-state index contributed by atoms with van der Waals surface area (Å²) in [5, 5.41) is 23.3. The van der Waals surface area contributed by atoms with Gasteiger partial charge in [0.25, 0.3) is 0 Å². The highest BCUT2D eigenvalue weighted by atomic mass is 16.4. The molecule has 160 valence electrons. The molecule has 0 bridgehead atoms. The molecule has 0 aliphatic heterocycles. The Hall–Kier alpha value is -2.95. The Morgan fingerprint density at radius 2 is 1.71 bits per heavy atom. The lowest BCUT2D eigenvalue weighted by atomic mass is 9.86. The number of benzene rings is 3. The fraction of sp³-hybridized carbons (Fsp3) is 0.296. The summed E-state index contributed by atoms with van der Waals surface area (Å²) in [5.74, 6) is -0.908. The number of carboxylic acids is 1. The molecule has 4 nitrogen and oxygen atoms in total. The third kappa shape index (κ3) is 4.87. The molecule has 0 unspecified atom stereocenters. The number of fused-ring (bicyclic) bond motifs is 1. The van der Waals surface area contributed by atoms with Crippen LogP contribution in [0.3, 0.4) is 0 Å². The third-order valence-corrected chi connectivity index (χ3v) is 6.42. The van der Waals surface area contributed by atoms with Gasteiger partial charge in [0.1, 0.15) is 0 Å². The number of rotatable bonds is 6. The number of carbonyl (C=O) groups is 1. The number of nitrogens with one attached hydrogen (secondary N) is 1. The first-order chi connectivity index (χ1) is 14.9. The molecule has 4 heteroatoms. The van der Waals surface area contributed by atoms with Crippen LogP contribution in [0.25, 0.3) is 11.1 Å². The van der Waals surface area contributed by atoms with Crippen molar-refractivity contribution in [1.82, 2.24) is 5.32 Å². The number of hydrogen-bond acceptors (Lipinski definition) is 3. The number of carboxylic acid groups (broad SMARTS) is 1. The van der Waals surface area contributed by atoms with Crippen LogP contribution in [0.2, 0.25) is 0 Å². The first-order valence-corrected chi connectivity index (χ1v) is 10.8. The maximum atomic E-state index is 11.1. The van der Waals surface area contributed by atoms with Crippen molar-refractivity contribution >= 4 is 5.97 Å². The van der Waals surface area contributed by atoms with Gasteiger partial charge in [-0.25, -0.2) is 4.79 Å². The minimum absolute atomic E-state index is 0.299. The van der Waals surface area contributed by atoms with Crippen LogP contribution in [0.1, 0.15) is 50.7 Å². The maximum Gasteiger partial charge on any atom is 0.335 e. The largest absolute Gasteiger partial charge is 0.478 e. The van der Waals surface area contributed by atoms with Gasteiger partial charge >= 0.3 is 5.97 Å². The van der Waals surface area contributed by atoms with Crippen LogP contribution in [-0.2, 0) is 12.8 Å². The smallest absolute Gasteiger partial charge is 0.335 e. The van der Waals surface area contributed by atoms with Crippen molar-refractivity contribution in [3.8, 4) is 11.1 Å². The summed E-state index contributed by atoms with van der Waals surface area (Å²) in [6.07, 6.45) is 2.49. The summed E-state index contributed by atoms with van der Waals surface area (Å²) in [5.41, 5.74) is 8.52. The van der Waals surface area contributed by atoms with E-state index in [4.69, 9.17) is 5.11 Å². The van der Waals surface area contributed by atoms with Gasteiger partial charge in [-0.3, -0.25) is 0 Å². The molecule has 0 amide bonds. The van der Waals surface area contributed by atoms with Gasteiger partial charge < -0.3 is 15.5 Å². The zero-order valence-corrected chi connectivity index (χ0v) is 18.1. The van der Waals surface area contributed by atoms with E-state index in [0.717, 1.165) is 36.0 Å². The molecule has 3 N–H and O–H groups in total. The molecule has 4 rings (SSSR count). The van der Waals surface area contributed by atoms with Crippen molar-refractivity contribution in [2.75, 3.05) is 6.54 Å². The lowest BCUT2D eigenvalue weighted by Gasteiger charge is -2.27. The van der Waals surface area contributed by atoms with Crippen molar-refractivity contribution in [2.45, 2.75) is 45.3 Å². The zero-order chi connectivity index (χ0) is 22.0. The normalized spacial score (nSPS) is 16.5. The minimum Gasteiger partial charge on any atom is -0.478 e. The van der Waals surface area contributed by atoms with Gasteiger partial charge in [0.05, 0.1) is 11.7 Å². The third-order valence-electron chi connectivity index (χ3n) is 6.42. The number of aliphatic hydroxyl groups excluding tert-OH is 1. The number of aryl methyl sites for hydroxylation is 3. The molecule has 3 aromatic rings. The van der Waals surface area contributed by atoms with E-state index in [-0.39, 0.29) is 0 Å². The second-order valence-electron chi connectivity index (χ2n) is 8.57. The Morgan fingerprint density at radius 3 is 2.42 bits per heavy atom. The second-order valence-corrected chi connectivity index (χ2v) is 8.57. The molecule has 0 heterocycles. The van der Waals surface area contributed by atoms with Crippen molar-refractivity contribution in [1.29, 1.82) is 0 Å². The van der Waals surface area contributed by atoms with E-state index in [0.29, 0.717) is 18.2 Å². The van der Waals surface area contributed by atoms with Crippen LogP contribution in [0, 0.1) is 13.8 Å². The molecule has 1 aliphatic carbocycles. The summed E-state index contributed by atoms with van der Waals surface area (Å²) in [7, 11) is 0. The summed E-state index contributed by atoms with van der Waals surface area (Å²) < 4.78 is 0. The van der Waals surface area contributed by atoms with Crippen molar-refractivity contribution in [3.05, 3.63) is 94.0 Å². The summed E-state index contributed by atoms with van der Waals surface area (Å²) in [6, 6.07) is 20.0. The highest BCUT2D eigenvalue weighted by Gasteiger charge is 2.20. The highest BCUT2D eigenvalue weighted by Crippen LogP contribution is 2.28. The first kappa shape index (κ1) is 21.3. The lowest BCUT2D eigenvalue weighted by molar-refractivity contribution is 0.0697. The standard InChI is InChI=1S/C27H29NO3/c1-17-3-4-23(13-18(17)2)26(29)16-28-25-12-11-20-7-10-22(14-24(20)15-25)19-5-8-21(9-6-19)27(30)31/h3-10,13-14,25-26,28-29H,11-12,15-16H2,1-2H3,(H,30,31)/t25-,26+/m0/s1. The topological polar surface area (TPSA) is 69.6 Å². The fourth-order valence-electron chi connectivity index (χ4n) is 4.28. The molecule has 1 aliphatic rings. The first-order valence-electron chi connectivity index (χ1n) is 10.8. The van der Waals surface area contributed by atoms with Crippen LogP contribution in [-0.4, -0.2) is 28.8 Å². The van der Waals surface area contributed by atoms with E-state index in [1.165, 1.54) is 22.3 Å². The van der Waals surface area contributed by atoms with E-state index in [1.807, 2.05) is 18.2 Å². The van der Waals surface area contributed by atoms with E-state index < -0.39 is 12.1 Å². The average Bonchev–Trinajstić information content (AvgIpc) is 2.78. The predicted octanol–water partition coefficient (Wildman–Crippen LogP) is 4.85. The van der Waals surface area contributed by atoms with Gasteiger partial charge in [0, 0.05) is 12.6 Å². The van der Waals surface area contributed by atoms with Gasteiger partial charge in [0.2, 0.25) is 0 Å². The van der Waals surface area contributed by atoms with Gasteiger partial charge in [-0.2, -0.15) is 0 Å². The quantitative estimate of drug-likeness (QED) is 0.538.